The molecule has 0 radical (unpaired) electrons. The van der Waals surface area contributed by atoms with Gasteiger partial charge in [0, 0.05) is 23.5 Å². The lowest BCUT2D eigenvalue weighted by Gasteiger charge is -2.13. The quantitative estimate of drug-likeness (QED) is 0.126. The maximum Gasteiger partial charge on any atom is 0.398 e. The third-order valence-electron chi connectivity index (χ3n) is 5.99. The molecule has 0 aromatic heterocycles. The Bertz CT molecular complexity index is 2280. The molecule has 0 aliphatic carbocycles. The van der Waals surface area contributed by atoms with Gasteiger partial charge in [-0.25, -0.2) is 12.6 Å². The first-order valence-corrected chi connectivity index (χ1v) is 17.4. The molecule has 0 heterocycles. The van der Waals surface area contributed by atoms with Gasteiger partial charge in [0.1, 0.15) is 21.2 Å². The molecule has 4 rings (SSSR count). The van der Waals surface area contributed by atoms with E-state index in [1.165, 1.54) is 13.1 Å². The number of nitrogens with zero attached hydrogens (tertiary/aromatic N) is 2. The predicted molar refractivity (Wildman–Crippen MR) is 152 cm³/mol. The SMILES string of the molecule is CNc1cc(C)cc2cc(S(=O)(=O)O)c(N=Nc3ccc4cc(S(=O)(=O)COS(=O)(=O)O)ccc4c3S(=O)(=O)O)c(O)c12. The highest BCUT2D eigenvalue weighted by Crippen LogP contribution is 2.45. The molecule has 0 bridgehead atoms. The summed E-state index contributed by atoms with van der Waals surface area (Å²) >= 11 is 0. The molecule has 0 amide bonds. The third-order valence-corrected chi connectivity index (χ3v) is 9.77. The minimum Gasteiger partial charge on any atom is -0.505 e. The van der Waals surface area contributed by atoms with Crippen molar-refractivity contribution in [2.75, 3.05) is 18.3 Å². The molecule has 0 atom stereocenters. The first-order chi connectivity index (χ1) is 19.7. The van der Waals surface area contributed by atoms with Crippen LogP contribution in [0.15, 0.2) is 73.4 Å². The highest BCUT2D eigenvalue weighted by Gasteiger charge is 2.26. The molecule has 20 heteroatoms. The second-order valence-corrected chi connectivity index (χ2v) is 14.7. The van der Waals surface area contributed by atoms with E-state index in [9.17, 15) is 47.9 Å². The van der Waals surface area contributed by atoms with E-state index in [2.05, 4.69) is 19.7 Å². The van der Waals surface area contributed by atoms with Crippen LogP contribution >= 0.6 is 0 Å². The summed E-state index contributed by atoms with van der Waals surface area (Å²) in [5, 5.41) is 21.3. The van der Waals surface area contributed by atoms with Gasteiger partial charge in [-0.1, -0.05) is 18.2 Å². The topological polar surface area (TPSA) is 263 Å². The first kappa shape index (κ1) is 32.2. The molecule has 16 nitrogen and oxygen atoms in total. The molecule has 230 valence electrons. The second kappa shape index (κ2) is 11.1. The number of aryl methyl sites for hydroxylation is 1. The number of phenolic OH excluding ortho intramolecular Hbond substituents is 1. The van der Waals surface area contributed by atoms with E-state index >= 15 is 0 Å². The molecule has 0 aliphatic heterocycles. The standard InChI is InChI=1S/C23H21N3O13S4/c1-12-7-14-10-19(41(30,31)32)21(22(27)20(14)18(8-12)24-2)26-25-17-6-3-13-9-15(40(28,29)11-39-43(36,37)38)4-5-16(13)23(17)42(33,34)35/h3-10,24,27H,11H2,1-2H3,(H,30,31,32)(H,33,34,35)(H,36,37,38). The number of nitrogens with one attached hydrogen (secondary N) is 1. The van der Waals surface area contributed by atoms with Crippen molar-refractivity contribution in [1.82, 2.24) is 0 Å². The zero-order chi connectivity index (χ0) is 32.1. The molecule has 0 spiro atoms. The van der Waals surface area contributed by atoms with Gasteiger partial charge in [-0.2, -0.15) is 25.3 Å². The van der Waals surface area contributed by atoms with Crippen molar-refractivity contribution in [2.45, 2.75) is 21.6 Å². The van der Waals surface area contributed by atoms with Crippen molar-refractivity contribution in [1.29, 1.82) is 0 Å². The molecule has 0 aliphatic rings. The zero-order valence-corrected chi connectivity index (χ0v) is 25.1. The zero-order valence-electron chi connectivity index (χ0n) is 21.8. The summed E-state index contributed by atoms with van der Waals surface area (Å²) in [5.41, 5.74) is -0.276. The summed E-state index contributed by atoms with van der Waals surface area (Å²) in [7, 11) is -18.2. The summed E-state index contributed by atoms with van der Waals surface area (Å²) < 4.78 is 128. The second-order valence-electron chi connectivity index (χ2n) is 8.96. The number of hydrogen-bond acceptors (Lipinski definition) is 13. The van der Waals surface area contributed by atoms with E-state index in [-0.39, 0.29) is 21.5 Å². The van der Waals surface area contributed by atoms with Crippen molar-refractivity contribution < 1.29 is 56.6 Å². The van der Waals surface area contributed by atoms with Crippen molar-refractivity contribution >= 4 is 79.1 Å². The van der Waals surface area contributed by atoms with Crippen LogP contribution in [-0.2, 0) is 44.7 Å². The fourth-order valence-corrected chi connectivity index (χ4v) is 7.44. The molecule has 0 saturated heterocycles. The molecular weight excluding hydrogens is 655 g/mol. The summed E-state index contributed by atoms with van der Waals surface area (Å²) in [5.74, 6) is -2.19. The largest absolute Gasteiger partial charge is 0.505 e. The monoisotopic (exact) mass is 675 g/mol. The highest BCUT2D eigenvalue weighted by molar-refractivity contribution is 7.92. The fraction of sp³-hybridized carbons (Fsp3) is 0.130. The van der Waals surface area contributed by atoms with Crippen molar-refractivity contribution in [3.05, 3.63) is 54.1 Å². The fourth-order valence-electron chi connectivity index (χ4n) is 4.23. The van der Waals surface area contributed by atoms with Crippen LogP contribution in [0.25, 0.3) is 21.5 Å². The molecule has 0 saturated carbocycles. The van der Waals surface area contributed by atoms with Gasteiger partial charge in [-0.15, -0.1) is 10.2 Å². The number of aromatic hydroxyl groups is 1. The van der Waals surface area contributed by atoms with Crippen LogP contribution in [0.1, 0.15) is 5.56 Å². The van der Waals surface area contributed by atoms with E-state index in [1.54, 1.807) is 13.0 Å². The number of fused-ring (bicyclic) bond motifs is 2. The Labute approximate surface area is 245 Å². The molecule has 43 heavy (non-hydrogen) atoms. The predicted octanol–water partition coefficient (Wildman–Crippen LogP) is 3.51. The van der Waals surface area contributed by atoms with E-state index < -0.39 is 78.2 Å². The van der Waals surface area contributed by atoms with Crippen LogP contribution < -0.4 is 5.32 Å². The Morgan fingerprint density at radius 1 is 0.814 bits per heavy atom. The number of azo groups is 1. The summed E-state index contributed by atoms with van der Waals surface area (Å²) in [4.78, 5) is -2.27. The van der Waals surface area contributed by atoms with Crippen molar-refractivity contribution in [3.8, 4) is 5.75 Å². The minimum atomic E-state index is -5.12. The Morgan fingerprint density at radius 3 is 2.07 bits per heavy atom. The van der Waals surface area contributed by atoms with Crippen LogP contribution in [0.2, 0.25) is 0 Å². The van der Waals surface area contributed by atoms with Crippen LogP contribution in [0.5, 0.6) is 5.75 Å². The van der Waals surface area contributed by atoms with Gasteiger partial charge in [-0.05, 0) is 53.6 Å². The Balaban J connectivity index is 1.93. The van der Waals surface area contributed by atoms with Gasteiger partial charge >= 0.3 is 10.4 Å². The summed E-state index contributed by atoms with van der Waals surface area (Å²) in [6.45, 7) is 1.71. The number of phenols is 1. The Hall–Kier alpha value is -3.76. The molecular formula is C23H21N3O13S4. The number of rotatable bonds is 9. The summed E-state index contributed by atoms with van der Waals surface area (Å²) in [6, 6.07) is 9.10. The third kappa shape index (κ3) is 6.75. The lowest BCUT2D eigenvalue weighted by Crippen LogP contribution is -2.14. The molecule has 4 aromatic rings. The summed E-state index contributed by atoms with van der Waals surface area (Å²) in [6.07, 6.45) is 0. The maximum absolute atomic E-state index is 12.4. The Morgan fingerprint density at radius 2 is 1.49 bits per heavy atom. The molecule has 4 aromatic carbocycles. The normalized spacial score (nSPS) is 13.2. The first-order valence-electron chi connectivity index (χ1n) is 11.5. The number of benzene rings is 4. The van der Waals surface area contributed by atoms with E-state index in [4.69, 9.17) is 4.55 Å². The van der Waals surface area contributed by atoms with E-state index in [1.807, 2.05) is 0 Å². The lowest BCUT2D eigenvalue weighted by atomic mass is 10.0. The van der Waals surface area contributed by atoms with Crippen LogP contribution in [0.3, 0.4) is 0 Å². The molecule has 0 fully saturated rings. The van der Waals surface area contributed by atoms with Gasteiger partial charge in [0.05, 0.1) is 4.90 Å². The van der Waals surface area contributed by atoms with Crippen LogP contribution in [-0.4, -0.2) is 65.4 Å². The average molecular weight is 676 g/mol. The number of hydrogen-bond donors (Lipinski definition) is 5. The van der Waals surface area contributed by atoms with E-state index in [0.29, 0.717) is 11.3 Å². The number of anilines is 1. The smallest absolute Gasteiger partial charge is 0.398 e. The highest BCUT2D eigenvalue weighted by atomic mass is 32.3. The minimum absolute atomic E-state index is 0.0966. The Kier molecular flexibility index (Phi) is 8.27. The van der Waals surface area contributed by atoms with E-state index in [0.717, 1.165) is 36.4 Å². The molecule has 0 unspecified atom stereocenters. The van der Waals surface area contributed by atoms with Gasteiger partial charge in [-0.3, -0.25) is 13.7 Å². The van der Waals surface area contributed by atoms with Crippen LogP contribution in [0, 0.1) is 6.92 Å². The van der Waals surface area contributed by atoms with Gasteiger partial charge in [0.25, 0.3) is 20.2 Å². The van der Waals surface area contributed by atoms with Crippen LogP contribution in [0.4, 0.5) is 17.1 Å². The molecule has 5 N–H and O–H groups in total. The maximum atomic E-state index is 12.4. The number of sulfone groups is 1. The van der Waals surface area contributed by atoms with Gasteiger partial charge in [0.2, 0.25) is 9.84 Å². The van der Waals surface area contributed by atoms with Crippen molar-refractivity contribution in [2.24, 2.45) is 10.2 Å². The van der Waals surface area contributed by atoms with Gasteiger partial charge < -0.3 is 10.4 Å². The average Bonchev–Trinajstić information content (AvgIpc) is 2.88. The lowest BCUT2D eigenvalue weighted by molar-refractivity contribution is 0.306. The van der Waals surface area contributed by atoms with Crippen molar-refractivity contribution in [3.63, 3.8) is 0 Å². The van der Waals surface area contributed by atoms with Gasteiger partial charge in [0.15, 0.2) is 11.7 Å².